The molecule has 3 aromatic rings. The van der Waals surface area contributed by atoms with Crippen LogP contribution in [0.1, 0.15) is 15.4 Å². The van der Waals surface area contributed by atoms with Crippen LogP contribution in [0, 0.1) is 6.92 Å². The highest BCUT2D eigenvalue weighted by Crippen LogP contribution is 2.32. The van der Waals surface area contributed by atoms with E-state index in [-0.39, 0.29) is 27.9 Å². The number of aryl methyl sites for hydroxylation is 1. The Balaban J connectivity index is 2.23. The first-order valence-electron chi connectivity index (χ1n) is 8.67. The number of benzene rings is 1. The van der Waals surface area contributed by atoms with Crippen LogP contribution in [0.3, 0.4) is 0 Å². The fourth-order valence-corrected chi connectivity index (χ4v) is 3.40. The molecule has 2 heterocycles. The molecule has 0 atom stereocenters. The molecule has 0 bridgehead atoms. The normalized spacial score (nSPS) is 12.6. The highest BCUT2D eigenvalue weighted by molar-refractivity contribution is 7.91. The van der Waals surface area contributed by atoms with Crippen molar-refractivity contribution in [3.8, 4) is 22.4 Å². The Morgan fingerprint density at radius 3 is 2.36 bits per heavy atom. The van der Waals surface area contributed by atoms with E-state index in [9.17, 15) is 8.42 Å². The number of nitrogens with zero attached hydrogens (tertiary/aromatic N) is 2. The molecule has 25 heavy (non-hydrogen) atoms. The number of rotatable bonds is 4. The van der Waals surface area contributed by atoms with Crippen molar-refractivity contribution in [2.24, 2.45) is 0 Å². The molecule has 0 aliphatic heterocycles. The van der Waals surface area contributed by atoms with Crippen molar-refractivity contribution in [3.05, 3.63) is 65.5 Å². The molecule has 2 aromatic heterocycles. The molecule has 0 radical (unpaired) electrons. The summed E-state index contributed by atoms with van der Waals surface area (Å²) >= 11 is 6.09. The molecular formula is C19H17ClN2O2S. The number of halogens is 1. The second-order valence-corrected chi connectivity index (χ2v) is 8.16. The third-order valence-electron chi connectivity index (χ3n) is 3.80. The maximum absolute atomic E-state index is 12.0. The van der Waals surface area contributed by atoms with Gasteiger partial charge < -0.3 is 0 Å². The molecule has 0 saturated heterocycles. The number of pyridine rings is 2. The Hall–Kier alpha value is -2.24. The molecule has 0 fully saturated rings. The van der Waals surface area contributed by atoms with Gasteiger partial charge in [0.05, 0.1) is 24.1 Å². The molecule has 6 heteroatoms. The van der Waals surface area contributed by atoms with E-state index < -0.39 is 9.84 Å². The lowest BCUT2D eigenvalue weighted by atomic mass is 10.0. The Labute approximate surface area is 155 Å². The average molecular weight is 375 g/mol. The zero-order valence-electron chi connectivity index (χ0n) is 15.7. The van der Waals surface area contributed by atoms with E-state index in [4.69, 9.17) is 14.3 Å². The molecule has 0 N–H and O–H groups in total. The van der Waals surface area contributed by atoms with Crippen LogP contribution in [-0.4, -0.2) is 24.1 Å². The van der Waals surface area contributed by atoms with Crippen LogP contribution < -0.4 is 0 Å². The van der Waals surface area contributed by atoms with Crippen LogP contribution in [0.2, 0.25) is 5.02 Å². The van der Waals surface area contributed by atoms with Crippen molar-refractivity contribution >= 4 is 21.4 Å². The van der Waals surface area contributed by atoms with Gasteiger partial charge in [0.1, 0.15) is 0 Å². The van der Waals surface area contributed by atoms with Gasteiger partial charge in [-0.05, 0) is 42.8 Å². The van der Waals surface area contributed by atoms with Crippen LogP contribution in [0.5, 0.6) is 0 Å². The summed E-state index contributed by atoms with van der Waals surface area (Å²) in [5, 5.41) is -0.0564. The monoisotopic (exact) mass is 374 g/mol. The van der Waals surface area contributed by atoms with E-state index in [1.165, 1.54) is 12.1 Å². The summed E-state index contributed by atoms with van der Waals surface area (Å²) in [5.41, 5.74) is 2.93. The largest absolute Gasteiger partial charge is 0.261 e. The summed E-state index contributed by atoms with van der Waals surface area (Å²) in [6.07, 6.45) is 1.44. The zero-order valence-corrected chi connectivity index (χ0v) is 15.3. The minimum atomic E-state index is -3.32. The summed E-state index contributed by atoms with van der Waals surface area (Å²) in [6, 6.07) is 9.88. The van der Waals surface area contributed by atoms with Gasteiger partial charge in [-0.2, -0.15) is 0 Å². The van der Waals surface area contributed by atoms with E-state index in [1.54, 1.807) is 25.3 Å². The molecule has 1 aromatic carbocycles. The van der Waals surface area contributed by atoms with E-state index in [0.29, 0.717) is 22.4 Å². The van der Waals surface area contributed by atoms with E-state index >= 15 is 0 Å². The van der Waals surface area contributed by atoms with Crippen molar-refractivity contribution in [1.29, 1.82) is 0 Å². The quantitative estimate of drug-likeness (QED) is 0.671. The van der Waals surface area contributed by atoms with E-state index in [2.05, 4.69) is 9.97 Å². The van der Waals surface area contributed by atoms with Crippen molar-refractivity contribution in [1.82, 2.24) is 9.97 Å². The van der Waals surface area contributed by atoms with Gasteiger partial charge in [-0.1, -0.05) is 30.7 Å². The molecule has 3 rings (SSSR count). The maximum atomic E-state index is 12.0. The molecule has 128 valence electrons. The summed E-state index contributed by atoms with van der Waals surface area (Å²) in [7, 11) is -3.32. The van der Waals surface area contributed by atoms with Gasteiger partial charge >= 0.3 is 0 Å². The van der Waals surface area contributed by atoms with E-state index in [1.807, 2.05) is 19.1 Å². The van der Waals surface area contributed by atoms with Gasteiger partial charge in [0.25, 0.3) is 0 Å². The Morgan fingerprint density at radius 2 is 1.76 bits per heavy atom. The van der Waals surface area contributed by atoms with Gasteiger partial charge in [0, 0.05) is 29.2 Å². The first-order chi connectivity index (χ1) is 12.7. The summed E-state index contributed by atoms with van der Waals surface area (Å²) in [5.74, 6) is 0.0112. The summed E-state index contributed by atoms with van der Waals surface area (Å²) in [4.78, 5) is 8.73. The molecule has 4 nitrogen and oxygen atoms in total. The summed E-state index contributed by atoms with van der Waals surface area (Å²) in [6.45, 7) is 3.45. The van der Waals surface area contributed by atoms with Crippen LogP contribution >= 0.6 is 11.6 Å². The number of hydrogen-bond donors (Lipinski definition) is 0. The zero-order chi connectivity index (χ0) is 19.8. The molecule has 0 amide bonds. The van der Waals surface area contributed by atoms with Gasteiger partial charge in [-0.25, -0.2) is 8.42 Å². The predicted octanol–water partition coefficient (Wildman–Crippen LogP) is 4.57. The molecular weight excluding hydrogens is 356 g/mol. The SMILES string of the molecule is [2H]c1nc(-c2ccc(C)nc2)c(-c2ccc(S(=O)(=O)CC)cc2)c([2H])c1Cl. The van der Waals surface area contributed by atoms with Gasteiger partial charge in [-0.3, -0.25) is 9.97 Å². The molecule has 0 aliphatic rings. The molecule has 0 unspecified atom stereocenters. The number of sulfone groups is 1. The smallest absolute Gasteiger partial charge is 0.178 e. The highest BCUT2D eigenvalue weighted by atomic mass is 35.5. The minimum absolute atomic E-state index is 0.0112. The van der Waals surface area contributed by atoms with Crippen LogP contribution in [-0.2, 0) is 9.84 Å². The molecule has 0 spiro atoms. The third kappa shape index (κ3) is 3.72. The van der Waals surface area contributed by atoms with Gasteiger partial charge in [-0.15, -0.1) is 0 Å². The number of aromatic nitrogens is 2. The van der Waals surface area contributed by atoms with Crippen molar-refractivity contribution in [2.45, 2.75) is 18.7 Å². The highest BCUT2D eigenvalue weighted by Gasteiger charge is 2.14. The van der Waals surface area contributed by atoms with Gasteiger partial charge in [0.15, 0.2) is 9.84 Å². The first-order valence-corrected chi connectivity index (χ1v) is 9.70. The van der Waals surface area contributed by atoms with Crippen molar-refractivity contribution < 1.29 is 11.2 Å². The third-order valence-corrected chi connectivity index (χ3v) is 5.73. The standard InChI is InChI=1S/C19H17ClN2O2S/c1-3-25(23,24)17-8-6-14(7-9-17)18-10-16(20)12-22-19(18)15-5-4-13(2)21-11-15/h4-12H,3H2,1-2H3/i10D,12D. The van der Waals surface area contributed by atoms with Crippen LogP contribution in [0.25, 0.3) is 22.4 Å². The lowest BCUT2D eigenvalue weighted by Crippen LogP contribution is -2.03. The Morgan fingerprint density at radius 1 is 1.08 bits per heavy atom. The predicted molar refractivity (Wildman–Crippen MR) is 100 cm³/mol. The fraction of sp³-hybridized carbons (Fsp3) is 0.158. The number of hydrogen-bond acceptors (Lipinski definition) is 4. The Kier molecular flexibility index (Phi) is 4.18. The second kappa shape index (κ2) is 6.94. The maximum Gasteiger partial charge on any atom is 0.178 e. The van der Waals surface area contributed by atoms with E-state index in [0.717, 1.165) is 5.69 Å². The van der Waals surface area contributed by atoms with Gasteiger partial charge in [0.2, 0.25) is 0 Å². The first kappa shape index (κ1) is 15.0. The van der Waals surface area contributed by atoms with Crippen LogP contribution in [0.4, 0.5) is 0 Å². The second-order valence-electron chi connectivity index (χ2n) is 5.50. The summed E-state index contributed by atoms with van der Waals surface area (Å²) < 4.78 is 40.4. The van der Waals surface area contributed by atoms with Crippen LogP contribution in [0.15, 0.2) is 59.7 Å². The van der Waals surface area contributed by atoms with Crippen molar-refractivity contribution in [2.75, 3.05) is 5.75 Å². The average Bonchev–Trinajstić information content (AvgIpc) is 2.66. The topological polar surface area (TPSA) is 59.9 Å². The minimum Gasteiger partial charge on any atom is -0.261 e. The Bertz CT molecular complexity index is 1100. The fourth-order valence-electron chi connectivity index (χ4n) is 2.38. The molecule has 0 saturated carbocycles. The van der Waals surface area contributed by atoms with Crippen molar-refractivity contribution in [3.63, 3.8) is 0 Å². The lowest BCUT2D eigenvalue weighted by molar-refractivity contribution is 0.597. The molecule has 0 aliphatic carbocycles. The lowest BCUT2D eigenvalue weighted by Gasteiger charge is -2.11.